The van der Waals surface area contributed by atoms with Crippen molar-refractivity contribution in [3.05, 3.63) is 0 Å². The molecule has 0 saturated carbocycles. The summed E-state index contributed by atoms with van der Waals surface area (Å²) in [6.07, 6.45) is 0. The van der Waals surface area contributed by atoms with Crippen molar-refractivity contribution in [3.8, 4) is 0 Å². The molecule has 0 bridgehead atoms. The van der Waals surface area contributed by atoms with Crippen molar-refractivity contribution in [3.63, 3.8) is 0 Å². The average Bonchev–Trinajstić information content (AvgIpc) is 0. The zero-order valence-electron chi connectivity index (χ0n) is 1.93. The maximum atomic E-state index is 0. The first kappa shape index (κ1) is 32.4. The van der Waals surface area contributed by atoms with Crippen molar-refractivity contribution in [2.24, 2.45) is 0 Å². The third-order valence-electron chi connectivity index (χ3n) is 0. The minimum Gasteiger partial charge on any atom is -2.00 e. The van der Waals surface area contributed by atoms with Gasteiger partial charge in [0.25, 0.3) is 0 Å². The molecule has 0 unspecified atom stereocenters. The summed E-state index contributed by atoms with van der Waals surface area (Å²) in [6, 6.07) is 0. The Kier molecular flexibility index (Phi) is 149. The van der Waals surface area contributed by atoms with Crippen LogP contribution in [0.25, 0.3) is 0 Å². The predicted octanol–water partition coefficient (Wildman–Crippen LogP) is -1.14. The average molecular weight is 697 g/mol. The molecule has 2 radical (unpaired) electrons. The van der Waals surface area contributed by atoms with Crippen LogP contribution < -0.4 is 0 Å². The van der Waals surface area contributed by atoms with Crippen molar-refractivity contribution in [1.29, 1.82) is 0 Å². The van der Waals surface area contributed by atoms with Crippen molar-refractivity contribution < 1.29 is 79.9 Å². The van der Waals surface area contributed by atoms with Crippen molar-refractivity contribution in [1.82, 2.24) is 0 Å². The fourth-order valence-corrected chi connectivity index (χ4v) is 0. The Labute approximate surface area is 146 Å². The second-order valence-corrected chi connectivity index (χ2v) is 0. The Morgan fingerprint density at radius 3 is 0.400 bits per heavy atom. The van der Waals surface area contributed by atoms with Crippen LogP contribution in [-0.4, -0.2) is 71.0 Å². The van der Waals surface area contributed by atoms with Gasteiger partial charge in [0.15, 0.2) is 0 Å². The van der Waals surface area contributed by atoms with E-state index in [0.29, 0.717) is 0 Å². The molecular weight excluding hydrogens is 697 g/mol. The molecule has 0 spiro atoms. The SMILES string of the molecule is [Gd+3].[Gd+3].[Te-2].[Te-2].[Te-2]. The molecule has 0 aromatic rings. The first-order valence-electron chi connectivity index (χ1n) is 0. The van der Waals surface area contributed by atoms with E-state index in [1.807, 2.05) is 0 Å². The first-order valence-corrected chi connectivity index (χ1v) is 0. The van der Waals surface area contributed by atoms with E-state index in [1.165, 1.54) is 0 Å². The molecule has 0 aromatic carbocycles. The van der Waals surface area contributed by atoms with Crippen molar-refractivity contribution >= 4 is 71.0 Å². The van der Waals surface area contributed by atoms with Crippen molar-refractivity contribution in [2.75, 3.05) is 0 Å². The minimum absolute atomic E-state index is 0. The summed E-state index contributed by atoms with van der Waals surface area (Å²) in [4.78, 5) is 0. The summed E-state index contributed by atoms with van der Waals surface area (Å²) in [5.74, 6) is 0. The number of hydrogen-bond acceptors (Lipinski definition) is 0. The van der Waals surface area contributed by atoms with E-state index < -0.39 is 0 Å². The van der Waals surface area contributed by atoms with E-state index in [4.69, 9.17) is 0 Å². The van der Waals surface area contributed by atoms with Gasteiger partial charge in [0.05, 0.1) is 0 Å². The van der Waals surface area contributed by atoms with E-state index in [0.717, 1.165) is 0 Å². The summed E-state index contributed by atoms with van der Waals surface area (Å²) in [5.41, 5.74) is 0. The van der Waals surface area contributed by atoms with Gasteiger partial charge in [-0.2, -0.15) is 0 Å². The Balaban J connectivity index is 0. The van der Waals surface area contributed by atoms with E-state index in [9.17, 15) is 0 Å². The van der Waals surface area contributed by atoms with E-state index in [-0.39, 0.29) is 151 Å². The Morgan fingerprint density at radius 1 is 0.400 bits per heavy atom. The van der Waals surface area contributed by atoms with Crippen LogP contribution in [0, 0.1) is 79.9 Å². The predicted molar refractivity (Wildman–Crippen MR) is 17.3 cm³/mol. The third kappa shape index (κ3) is 17.6. The van der Waals surface area contributed by atoms with Gasteiger partial charge in [-0.05, 0) is 0 Å². The van der Waals surface area contributed by atoms with E-state index >= 15 is 0 Å². The van der Waals surface area contributed by atoms with Gasteiger partial charge in [-0.25, -0.2) is 0 Å². The summed E-state index contributed by atoms with van der Waals surface area (Å²) >= 11 is 0. The van der Waals surface area contributed by atoms with Gasteiger partial charge in [0.2, 0.25) is 0 Å². The molecular formula is Gd2Te3. The van der Waals surface area contributed by atoms with Gasteiger partial charge in [-0.3, -0.25) is 0 Å². The van der Waals surface area contributed by atoms with Gasteiger partial charge in [0, 0.05) is 0 Å². The van der Waals surface area contributed by atoms with Gasteiger partial charge >= 0.3 is 79.9 Å². The molecule has 0 heterocycles. The molecule has 0 amide bonds. The van der Waals surface area contributed by atoms with Crippen LogP contribution in [0.5, 0.6) is 0 Å². The molecule has 34 valence electrons. The number of hydrogen-bond donors (Lipinski definition) is 0. The second kappa shape index (κ2) is 23.0. The Morgan fingerprint density at radius 2 is 0.400 bits per heavy atom. The van der Waals surface area contributed by atoms with E-state index in [1.54, 1.807) is 0 Å². The normalized spacial score (nSPS) is 0. The summed E-state index contributed by atoms with van der Waals surface area (Å²) < 4.78 is 0. The fraction of sp³-hybridized carbons (Fsp3) is 0. The van der Waals surface area contributed by atoms with Crippen LogP contribution in [0.4, 0.5) is 0 Å². The monoisotopic (exact) mass is 706 g/mol. The van der Waals surface area contributed by atoms with Crippen LogP contribution in [0.1, 0.15) is 0 Å². The molecule has 0 nitrogen and oxygen atoms in total. The molecule has 5 heteroatoms. The Bertz CT molecular complexity index is 4.85. The molecule has 0 aliphatic rings. The fourth-order valence-electron chi connectivity index (χ4n) is 0. The molecule has 5 heavy (non-hydrogen) atoms. The van der Waals surface area contributed by atoms with Gasteiger partial charge < -0.3 is 71.0 Å². The topological polar surface area (TPSA) is 0 Å². The smallest absolute Gasteiger partial charge is 2.00 e. The first-order chi connectivity index (χ1) is 0. The maximum absolute atomic E-state index is 0. The van der Waals surface area contributed by atoms with Crippen LogP contribution in [-0.2, 0) is 0 Å². The molecule has 0 rings (SSSR count). The second-order valence-electron chi connectivity index (χ2n) is 0. The summed E-state index contributed by atoms with van der Waals surface area (Å²) in [5, 5.41) is 0. The van der Waals surface area contributed by atoms with Crippen LogP contribution in [0.3, 0.4) is 0 Å². The van der Waals surface area contributed by atoms with Crippen molar-refractivity contribution in [2.45, 2.75) is 0 Å². The summed E-state index contributed by atoms with van der Waals surface area (Å²) in [6.45, 7) is 0. The maximum Gasteiger partial charge on any atom is 3.00 e. The molecule has 0 saturated heterocycles. The zero-order chi connectivity index (χ0) is 0. The summed E-state index contributed by atoms with van der Waals surface area (Å²) in [7, 11) is 0. The largest absolute Gasteiger partial charge is 3.00 e. The molecule has 0 atom stereocenters. The quantitative estimate of drug-likeness (QED) is 0.281. The van der Waals surface area contributed by atoms with Crippen LogP contribution in [0.2, 0.25) is 0 Å². The third-order valence-corrected chi connectivity index (χ3v) is 0. The van der Waals surface area contributed by atoms with E-state index in [2.05, 4.69) is 0 Å². The zero-order valence-corrected chi connectivity index (χ0v) is 13.5. The van der Waals surface area contributed by atoms with Gasteiger partial charge in [-0.15, -0.1) is 0 Å². The molecule has 0 aliphatic carbocycles. The molecule has 0 aromatic heterocycles. The molecule has 0 N–H and O–H groups in total. The molecule has 0 fully saturated rings. The minimum atomic E-state index is 0. The Hall–Kier alpha value is 5.02. The molecule has 0 aliphatic heterocycles. The van der Waals surface area contributed by atoms with Gasteiger partial charge in [0.1, 0.15) is 0 Å². The standard InChI is InChI=1S/2Gd.3Te/q2*+3;3*-2. The van der Waals surface area contributed by atoms with Crippen LogP contribution >= 0.6 is 0 Å². The van der Waals surface area contributed by atoms with Crippen LogP contribution in [0.15, 0.2) is 0 Å². The van der Waals surface area contributed by atoms with Gasteiger partial charge in [-0.1, -0.05) is 0 Å². The number of rotatable bonds is 0.